The predicted molar refractivity (Wildman–Crippen MR) is 25.2 cm³/mol. The third kappa shape index (κ3) is 0.555. The van der Waals surface area contributed by atoms with Gasteiger partial charge in [0.1, 0.15) is 6.10 Å². The second-order valence-electron chi connectivity index (χ2n) is 2.02. The molecule has 0 radical (unpaired) electrons. The molecule has 0 aromatic heterocycles. The normalized spacial score (nSPS) is 45.0. The van der Waals surface area contributed by atoms with Crippen molar-refractivity contribution in [3.63, 3.8) is 0 Å². The van der Waals surface area contributed by atoms with Gasteiger partial charge >= 0.3 is 0 Å². The molecule has 2 aliphatic rings. The molecule has 46 valence electrons. The molecule has 0 aliphatic carbocycles. The number of hydrogen-bond acceptors (Lipinski definition) is 3. The number of fused-ring (bicyclic) bond motifs is 1. The Kier molecular flexibility index (Phi) is 0.997. The quantitative estimate of drug-likeness (QED) is 0.449. The maximum Gasteiger partial charge on any atom is 0.186 e. The number of ether oxygens (including phenoxy) is 3. The van der Waals surface area contributed by atoms with E-state index in [9.17, 15) is 0 Å². The SMILES string of the molecule is C1CC2OCOC2O1. The van der Waals surface area contributed by atoms with Gasteiger partial charge in [-0.15, -0.1) is 0 Å². The largest absolute Gasteiger partial charge is 0.350 e. The summed E-state index contributed by atoms with van der Waals surface area (Å²) in [5, 5.41) is 0. The van der Waals surface area contributed by atoms with Crippen LogP contribution in [0.1, 0.15) is 6.42 Å². The second-order valence-corrected chi connectivity index (χ2v) is 2.02. The third-order valence-electron chi connectivity index (χ3n) is 1.50. The Bertz CT molecular complexity index is 73.7. The summed E-state index contributed by atoms with van der Waals surface area (Å²) in [4.78, 5) is 0. The van der Waals surface area contributed by atoms with Gasteiger partial charge in [-0.3, -0.25) is 0 Å². The molecular formula is C5H8O3. The van der Waals surface area contributed by atoms with Crippen molar-refractivity contribution >= 4 is 0 Å². The van der Waals surface area contributed by atoms with Gasteiger partial charge in [-0.25, -0.2) is 0 Å². The monoisotopic (exact) mass is 116 g/mol. The Morgan fingerprint density at radius 3 is 3.00 bits per heavy atom. The Morgan fingerprint density at radius 1 is 1.12 bits per heavy atom. The van der Waals surface area contributed by atoms with E-state index >= 15 is 0 Å². The highest BCUT2D eigenvalue weighted by Crippen LogP contribution is 2.22. The lowest BCUT2D eigenvalue weighted by Crippen LogP contribution is -2.15. The molecule has 2 unspecified atom stereocenters. The van der Waals surface area contributed by atoms with E-state index in [1.54, 1.807) is 0 Å². The summed E-state index contributed by atoms with van der Waals surface area (Å²) < 4.78 is 15.3. The van der Waals surface area contributed by atoms with Gasteiger partial charge in [0, 0.05) is 6.42 Å². The fourth-order valence-electron chi connectivity index (χ4n) is 1.05. The van der Waals surface area contributed by atoms with Crippen molar-refractivity contribution in [2.75, 3.05) is 13.4 Å². The van der Waals surface area contributed by atoms with Crippen LogP contribution in [-0.2, 0) is 14.2 Å². The first-order valence-corrected chi connectivity index (χ1v) is 2.81. The van der Waals surface area contributed by atoms with Gasteiger partial charge in [0.2, 0.25) is 0 Å². The van der Waals surface area contributed by atoms with Crippen LogP contribution in [0.5, 0.6) is 0 Å². The van der Waals surface area contributed by atoms with E-state index in [0.717, 1.165) is 13.0 Å². The fourth-order valence-corrected chi connectivity index (χ4v) is 1.05. The molecule has 0 saturated carbocycles. The highest BCUT2D eigenvalue weighted by Gasteiger charge is 2.34. The minimum absolute atomic E-state index is 0.0463. The van der Waals surface area contributed by atoms with E-state index < -0.39 is 0 Å². The summed E-state index contributed by atoms with van der Waals surface area (Å²) in [6.45, 7) is 1.20. The molecule has 8 heavy (non-hydrogen) atoms. The highest BCUT2D eigenvalue weighted by molar-refractivity contribution is 4.71. The summed E-state index contributed by atoms with van der Waals surface area (Å²) in [5.74, 6) is 0. The zero-order chi connectivity index (χ0) is 5.40. The van der Waals surface area contributed by atoms with Crippen LogP contribution in [0.15, 0.2) is 0 Å². The van der Waals surface area contributed by atoms with Crippen LogP contribution in [-0.4, -0.2) is 25.8 Å². The average molecular weight is 116 g/mol. The van der Waals surface area contributed by atoms with Crippen molar-refractivity contribution in [2.45, 2.75) is 18.8 Å². The van der Waals surface area contributed by atoms with Crippen molar-refractivity contribution < 1.29 is 14.2 Å². The summed E-state index contributed by atoms with van der Waals surface area (Å²) in [6.07, 6.45) is 1.18. The van der Waals surface area contributed by atoms with E-state index in [-0.39, 0.29) is 12.4 Å². The zero-order valence-corrected chi connectivity index (χ0v) is 4.50. The van der Waals surface area contributed by atoms with Gasteiger partial charge < -0.3 is 14.2 Å². The first kappa shape index (κ1) is 4.73. The molecule has 3 nitrogen and oxygen atoms in total. The number of hydrogen-bond donors (Lipinski definition) is 0. The molecule has 0 amide bonds. The lowest BCUT2D eigenvalue weighted by Gasteiger charge is -2.01. The summed E-state index contributed by atoms with van der Waals surface area (Å²) in [5.41, 5.74) is 0. The van der Waals surface area contributed by atoms with E-state index in [4.69, 9.17) is 14.2 Å². The lowest BCUT2D eigenvalue weighted by atomic mass is 10.3. The van der Waals surface area contributed by atoms with E-state index in [2.05, 4.69) is 0 Å². The van der Waals surface area contributed by atoms with Crippen LogP contribution < -0.4 is 0 Å². The Labute approximate surface area is 47.5 Å². The van der Waals surface area contributed by atoms with E-state index in [0.29, 0.717) is 6.79 Å². The van der Waals surface area contributed by atoms with Crippen molar-refractivity contribution in [1.29, 1.82) is 0 Å². The fraction of sp³-hybridized carbons (Fsp3) is 1.00. The van der Waals surface area contributed by atoms with Gasteiger partial charge in [0.05, 0.1) is 6.61 Å². The minimum Gasteiger partial charge on any atom is -0.350 e. The topological polar surface area (TPSA) is 27.7 Å². The molecule has 2 heterocycles. The van der Waals surface area contributed by atoms with Crippen molar-refractivity contribution in [2.24, 2.45) is 0 Å². The van der Waals surface area contributed by atoms with Gasteiger partial charge in [-0.1, -0.05) is 0 Å². The van der Waals surface area contributed by atoms with Crippen molar-refractivity contribution in [1.82, 2.24) is 0 Å². The van der Waals surface area contributed by atoms with Crippen LogP contribution in [0.3, 0.4) is 0 Å². The molecule has 0 aromatic carbocycles. The molecule has 2 rings (SSSR count). The van der Waals surface area contributed by atoms with Crippen molar-refractivity contribution in [3.8, 4) is 0 Å². The smallest absolute Gasteiger partial charge is 0.186 e. The van der Waals surface area contributed by atoms with Crippen molar-refractivity contribution in [3.05, 3.63) is 0 Å². The molecular weight excluding hydrogens is 108 g/mol. The van der Waals surface area contributed by atoms with Crippen LogP contribution in [0.25, 0.3) is 0 Å². The Balaban J connectivity index is 2.04. The number of rotatable bonds is 0. The van der Waals surface area contributed by atoms with E-state index in [1.165, 1.54) is 0 Å². The molecule has 2 atom stereocenters. The molecule has 2 aliphatic heterocycles. The molecule has 2 fully saturated rings. The molecule has 0 aromatic rings. The maximum absolute atomic E-state index is 5.13. The van der Waals surface area contributed by atoms with Gasteiger partial charge in [0.25, 0.3) is 0 Å². The molecule has 2 saturated heterocycles. The molecule has 0 N–H and O–H groups in total. The van der Waals surface area contributed by atoms with Gasteiger partial charge in [0.15, 0.2) is 13.1 Å². The van der Waals surface area contributed by atoms with Gasteiger partial charge in [-0.05, 0) is 0 Å². The van der Waals surface area contributed by atoms with E-state index in [1.807, 2.05) is 0 Å². The highest BCUT2D eigenvalue weighted by atomic mass is 16.8. The van der Waals surface area contributed by atoms with Crippen LogP contribution in [0.2, 0.25) is 0 Å². The first-order chi connectivity index (χ1) is 3.97. The first-order valence-electron chi connectivity index (χ1n) is 2.81. The standard InChI is InChI=1S/C5H8O3/c1-2-6-5-4(1)7-3-8-5/h4-5H,1-3H2. The zero-order valence-electron chi connectivity index (χ0n) is 4.50. The Hall–Kier alpha value is -0.120. The minimum atomic E-state index is -0.0463. The average Bonchev–Trinajstić information content (AvgIpc) is 2.15. The lowest BCUT2D eigenvalue weighted by molar-refractivity contribution is -0.0885. The van der Waals surface area contributed by atoms with Crippen LogP contribution in [0.4, 0.5) is 0 Å². The molecule has 3 heteroatoms. The Morgan fingerprint density at radius 2 is 2.12 bits per heavy atom. The molecule has 0 bridgehead atoms. The van der Waals surface area contributed by atoms with Crippen LogP contribution >= 0.6 is 0 Å². The molecule has 0 spiro atoms. The summed E-state index contributed by atoms with van der Waals surface area (Å²) in [6, 6.07) is 0. The summed E-state index contributed by atoms with van der Waals surface area (Å²) in [7, 11) is 0. The van der Waals surface area contributed by atoms with Gasteiger partial charge in [-0.2, -0.15) is 0 Å². The summed E-state index contributed by atoms with van der Waals surface area (Å²) >= 11 is 0. The third-order valence-corrected chi connectivity index (χ3v) is 1.50. The second kappa shape index (κ2) is 1.69. The predicted octanol–water partition coefficient (Wildman–Crippen LogP) is 0.106. The van der Waals surface area contributed by atoms with Crippen LogP contribution in [0, 0.1) is 0 Å². The maximum atomic E-state index is 5.13.